The van der Waals surface area contributed by atoms with Gasteiger partial charge in [-0.05, 0) is 41.3 Å². The Morgan fingerprint density at radius 3 is 1.56 bits per heavy atom. The molecule has 0 aliphatic carbocycles. The van der Waals surface area contributed by atoms with Gasteiger partial charge in [0, 0.05) is 13.1 Å². The zero-order valence-corrected chi connectivity index (χ0v) is 16.0. The number of hydrogen-bond acceptors (Lipinski definition) is 2. The molecule has 27 heavy (non-hydrogen) atoms. The van der Waals surface area contributed by atoms with Crippen molar-refractivity contribution in [2.75, 3.05) is 13.1 Å². The van der Waals surface area contributed by atoms with E-state index in [0.29, 0.717) is 18.0 Å². The molecule has 0 bridgehead atoms. The molecule has 0 saturated heterocycles. The van der Waals surface area contributed by atoms with Crippen molar-refractivity contribution in [1.29, 1.82) is 0 Å². The lowest BCUT2D eigenvalue weighted by molar-refractivity contribution is 0.492. The van der Waals surface area contributed by atoms with Crippen LogP contribution in [0, 0.1) is 6.92 Å². The van der Waals surface area contributed by atoms with Gasteiger partial charge < -0.3 is 0 Å². The zero-order chi connectivity index (χ0) is 18.9. The van der Waals surface area contributed by atoms with Gasteiger partial charge in [0.05, 0.1) is 4.90 Å². The third-order valence-corrected chi connectivity index (χ3v) is 6.74. The predicted octanol–water partition coefficient (Wildman–Crippen LogP) is 4.61. The van der Waals surface area contributed by atoms with Crippen molar-refractivity contribution in [3.8, 4) is 0 Å². The Labute approximate surface area is 160 Å². The average Bonchev–Trinajstić information content (AvgIpc) is 3.16. The minimum absolute atomic E-state index is 0.342. The molecule has 0 fully saturated rings. The Kier molecular flexibility index (Phi) is 4.68. The van der Waals surface area contributed by atoms with Gasteiger partial charge in [0.1, 0.15) is 0 Å². The van der Waals surface area contributed by atoms with Crippen LogP contribution in [0.5, 0.6) is 0 Å². The molecule has 4 heteroatoms. The maximum Gasteiger partial charge on any atom is 0.243 e. The average molecular weight is 375 g/mol. The number of hydrogen-bond donors (Lipinski definition) is 0. The molecule has 1 aliphatic rings. The topological polar surface area (TPSA) is 37.4 Å². The molecular formula is C23H21NO2S. The third-order valence-electron chi connectivity index (χ3n) is 4.94. The Morgan fingerprint density at radius 1 is 0.667 bits per heavy atom. The van der Waals surface area contributed by atoms with E-state index in [0.717, 1.165) is 27.8 Å². The molecule has 0 aromatic heterocycles. The summed E-state index contributed by atoms with van der Waals surface area (Å²) in [7, 11) is -3.55. The summed E-state index contributed by atoms with van der Waals surface area (Å²) in [4.78, 5) is 0.342. The molecule has 3 aromatic rings. The van der Waals surface area contributed by atoms with Crippen molar-refractivity contribution in [2.24, 2.45) is 0 Å². The molecule has 1 heterocycles. The molecule has 0 atom stereocenters. The third kappa shape index (κ3) is 3.46. The quantitative estimate of drug-likeness (QED) is 0.668. The summed E-state index contributed by atoms with van der Waals surface area (Å²) in [6, 6.07) is 27.1. The van der Waals surface area contributed by atoms with Crippen molar-refractivity contribution < 1.29 is 8.42 Å². The van der Waals surface area contributed by atoms with E-state index in [1.165, 1.54) is 0 Å². The summed E-state index contributed by atoms with van der Waals surface area (Å²) < 4.78 is 28.0. The molecule has 0 N–H and O–H groups in total. The zero-order valence-electron chi connectivity index (χ0n) is 15.2. The first kappa shape index (κ1) is 17.7. The lowest BCUT2D eigenvalue weighted by Gasteiger charge is -2.17. The van der Waals surface area contributed by atoms with Crippen LogP contribution in [-0.2, 0) is 10.0 Å². The number of aryl methyl sites for hydroxylation is 1. The van der Waals surface area contributed by atoms with Crippen LogP contribution in [0.25, 0.3) is 11.1 Å². The summed E-state index contributed by atoms with van der Waals surface area (Å²) in [5, 5.41) is 0. The Morgan fingerprint density at radius 2 is 1.11 bits per heavy atom. The number of sulfonamides is 1. The second kappa shape index (κ2) is 7.14. The minimum Gasteiger partial charge on any atom is -0.207 e. The summed E-state index contributed by atoms with van der Waals surface area (Å²) >= 11 is 0. The van der Waals surface area contributed by atoms with Crippen LogP contribution in [0.3, 0.4) is 0 Å². The number of benzene rings is 3. The van der Waals surface area contributed by atoms with Gasteiger partial charge in [-0.15, -0.1) is 0 Å². The van der Waals surface area contributed by atoms with Crippen LogP contribution in [-0.4, -0.2) is 25.8 Å². The summed E-state index contributed by atoms with van der Waals surface area (Å²) in [6.45, 7) is 2.71. The summed E-state index contributed by atoms with van der Waals surface area (Å²) in [5.41, 5.74) is 5.31. The second-order valence-electron chi connectivity index (χ2n) is 6.78. The van der Waals surface area contributed by atoms with E-state index in [2.05, 4.69) is 0 Å². The van der Waals surface area contributed by atoms with Gasteiger partial charge >= 0.3 is 0 Å². The van der Waals surface area contributed by atoms with Crippen LogP contribution in [0.15, 0.2) is 89.8 Å². The Hall–Kier alpha value is -2.69. The van der Waals surface area contributed by atoms with E-state index in [4.69, 9.17) is 0 Å². The molecule has 3 aromatic carbocycles. The summed E-state index contributed by atoms with van der Waals surface area (Å²) in [6.07, 6.45) is 0. The minimum atomic E-state index is -3.55. The van der Waals surface area contributed by atoms with Crippen molar-refractivity contribution in [3.05, 3.63) is 102 Å². The highest BCUT2D eigenvalue weighted by molar-refractivity contribution is 7.89. The van der Waals surface area contributed by atoms with E-state index >= 15 is 0 Å². The lowest BCUT2D eigenvalue weighted by atomic mass is 9.97. The SMILES string of the molecule is Cc1ccc(S(=O)(=O)N2CC(c3ccccc3)=C(c3ccccc3)C2)cc1. The van der Waals surface area contributed by atoms with Gasteiger partial charge in [-0.3, -0.25) is 0 Å². The van der Waals surface area contributed by atoms with Gasteiger partial charge in [-0.1, -0.05) is 78.4 Å². The number of rotatable bonds is 4. The highest BCUT2D eigenvalue weighted by atomic mass is 32.2. The molecule has 0 amide bonds. The Balaban J connectivity index is 1.75. The highest BCUT2D eigenvalue weighted by Crippen LogP contribution is 2.36. The molecular weight excluding hydrogens is 354 g/mol. The fourth-order valence-electron chi connectivity index (χ4n) is 3.44. The van der Waals surface area contributed by atoms with Crippen molar-refractivity contribution in [2.45, 2.75) is 11.8 Å². The van der Waals surface area contributed by atoms with E-state index in [1.54, 1.807) is 16.4 Å². The standard InChI is InChI=1S/C23H21NO2S/c1-18-12-14-21(15-13-18)27(25,26)24-16-22(19-8-4-2-5-9-19)23(17-24)20-10-6-3-7-11-20/h2-15H,16-17H2,1H3. The monoisotopic (exact) mass is 375 g/mol. The molecule has 4 rings (SSSR count). The van der Waals surface area contributed by atoms with Gasteiger partial charge in [0.2, 0.25) is 10.0 Å². The smallest absolute Gasteiger partial charge is 0.207 e. The lowest BCUT2D eigenvalue weighted by Crippen LogP contribution is -2.29. The first-order chi connectivity index (χ1) is 13.1. The van der Waals surface area contributed by atoms with Gasteiger partial charge in [0.25, 0.3) is 0 Å². The normalized spacial score (nSPS) is 15.3. The summed E-state index contributed by atoms with van der Waals surface area (Å²) in [5.74, 6) is 0. The van der Waals surface area contributed by atoms with Crippen LogP contribution < -0.4 is 0 Å². The first-order valence-electron chi connectivity index (χ1n) is 8.95. The molecule has 136 valence electrons. The van der Waals surface area contributed by atoms with Gasteiger partial charge in [0.15, 0.2) is 0 Å². The maximum atomic E-state index is 13.2. The van der Waals surface area contributed by atoms with Gasteiger partial charge in [-0.2, -0.15) is 4.31 Å². The molecule has 0 saturated carbocycles. The molecule has 0 unspecified atom stereocenters. The van der Waals surface area contributed by atoms with E-state index in [1.807, 2.05) is 79.7 Å². The van der Waals surface area contributed by atoms with Crippen molar-refractivity contribution in [3.63, 3.8) is 0 Å². The van der Waals surface area contributed by atoms with E-state index in [-0.39, 0.29) is 0 Å². The van der Waals surface area contributed by atoms with Crippen LogP contribution in [0.1, 0.15) is 16.7 Å². The molecule has 0 radical (unpaired) electrons. The fourth-order valence-corrected chi connectivity index (χ4v) is 4.81. The molecule has 0 spiro atoms. The maximum absolute atomic E-state index is 13.2. The predicted molar refractivity (Wildman–Crippen MR) is 110 cm³/mol. The van der Waals surface area contributed by atoms with Crippen molar-refractivity contribution >= 4 is 21.2 Å². The van der Waals surface area contributed by atoms with Crippen LogP contribution >= 0.6 is 0 Å². The first-order valence-corrected chi connectivity index (χ1v) is 10.4. The Bertz CT molecular complexity index is 1020. The second-order valence-corrected chi connectivity index (χ2v) is 8.71. The number of nitrogens with zero attached hydrogens (tertiary/aromatic N) is 1. The fraction of sp³-hybridized carbons (Fsp3) is 0.130. The molecule has 3 nitrogen and oxygen atoms in total. The van der Waals surface area contributed by atoms with Crippen LogP contribution in [0.4, 0.5) is 0 Å². The van der Waals surface area contributed by atoms with Crippen molar-refractivity contribution in [1.82, 2.24) is 4.31 Å². The largest absolute Gasteiger partial charge is 0.243 e. The molecule has 1 aliphatic heterocycles. The van der Waals surface area contributed by atoms with E-state index in [9.17, 15) is 8.42 Å². The van der Waals surface area contributed by atoms with Gasteiger partial charge in [-0.25, -0.2) is 8.42 Å². The highest BCUT2D eigenvalue weighted by Gasteiger charge is 2.33. The van der Waals surface area contributed by atoms with Crippen LogP contribution in [0.2, 0.25) is 0 Å². The van der Waals surface area contributed by atoms with E-state index < -0.39 is 10.0 Å².